The van der Waals surface area contributed by atoms with Crippen LogP contribution in [0.25, 0.3) is 109 Å². The predicted molar refractivity (Wildman–Crippen MR) is 256 cm³/mol. The highest BCUT2D eigenvalue weighted by atomic mass is 32.1. The predicted octanol–water partition coefficient (Wildman–Crippen LogP) is 14.3. The zero-order valence-corrected chi connectivity index (χ0v) is 34.1. The van der Waals surface area contributed by atoms with Crippen molar-refractivity contribution in [2.45, 2.75) is 6.42 Å². The minimum Gasteiger partial charge on any atom is -0.487 e. The van der Waals surface area contributed by atoms with E-state index in [-0.39, 0.29) is 0 Å². The maximum atomic E-state index is 6.78. The number of furan rings is 1. The fourth-order valence-corrected chi connectivity index (χ4v) is 10.5. The van der Waals surface area contributed by atoms with Gasteiger partial charge in [-0.1, -0.05) is 127 Å². The molecule has 1 aliphatic rings. The van der Waals surface area contributed by atoms with Crippen molar-refractivity contribution in [3.63, 3.8) is 0 Å². The molecule has 0 radical (unpaired) electrons. The summed E-state index contributed by atoms with van der Waals surface area (Å²) in [4.78, 5) is 16.3. The number of ether oxygens (including phenoxy) is 1. The van der Waals surface area contributed by atoms with Gasteiger partial charge in [0.05, 0.1) is 16.7 Å². The molecule has 292 valence electrons. The van der Waals surface area contributed by atoms with Gasteiger partial charge in [-0.05, 0) is 77.4 Å². The van der Waals surface area contributed by atoms with Crippen LogP contribution in [0, 0.1) is 0 Å². The molecule has 0 bridgehead atoms. The largest absolute Gasteiger partial charge is 0.487 e. The zero-order chi connectivity index (χ0) is 40.7. The van der Waals surface area contributed by atoms with Gasteiger partial charge in [0.1, 0.15) is 23.5 Å². The first-order chi connectivity index (χ1) is 30.7. The molecule has 0 fully saturated rings. The lowest BCUT2D eigenvalue weighted by Crippen LogP contribution is -2.09. The summed E-state index contributed by atoms with van der Waals surface area (Å²) in [5.41, 5.74) is 8.60. The Morgan fingerprint density at radius 2 is 1.16 bits per heavy atom. The van der Waals surface area contributed by atoms with Gasteiger partial charge >= 0.3 is 0 Å². The first kappa shape index (κ1) is 34.9. The average Bonchev–Trinajstić information content (AvgIpc) is 4.01. The Hall–Kier alpha value is -7.87. The minimum absolute atomic E-state index is 0.320. The lowest BCUT2D eigenvalue weighted by molar-refractivity contribution is 0.362. The second kappa shape index (κ2) is 13.8. The van der Waals surface area contributed by atoms with Crippen LogP contribution < -0.4 is 4.74 Å². The van der Waals surface area contributed by atoms with Crippen LogP contribution in [0.1, 0.15) is 11.4 Å². The maximum absolute atomic E-state index is 6.78. The fourth-order valence-electron chi connectivity index (χ4n) is 9.38. The molecule has 0 aliphatic carbocycles. The monoisotopic (exact) mass is 814 g/mol. The van der Waals surface area contributed by atoms with Gasteiger partial charge in [0.25, 0.3) is 0 Å². The minimum atomic E-state index is 0.320. The summed E-state index contributed by atoms with van der Waals surface area (Å²) in [5, 5.41) is 9.07. The highest BCUT2D eigenvalue weighted by Crippen LogP contribution is 2.42. The molecular weight excluding hydrogens is 781 g/mol. The van der Waals surface area contributed by atoms with Crippen molar-refractivity contribution in [1.29, 1.82) is 0 Å². The van der Waals surface area contributed by atoms with Crippen molar-refractivity contribution in [3.8, 4) is 28.5 Å². The van der Waals surface area contributed by atoms with Crippen molar-refractivity contribution in [2.75, 3.05) is 6.61 Å². The summed E-state index contributed by atoms with van der Waals surface area (Å²) in [6.07, 6.45) is 5.09. The highest BCUT2D eigenvalue weighted by Gasteiger charge is 2.23. The molecule has 0 saturated heterocycles. The lowest BCUT2D eigenvalue weighted by atomic mass is 10.0. The van der Waals surface area contributed by atoms with Crippen molar-refractivity contribution < 1.29 is 9.15 Å². The quantitative estimate of drug-likeness (QED) is 0.177. The van der Waals surface area contributed by atoms with E-state index in [0.717, 1.165) is 72.1 Å². The maximum Gasteiger partial charge on any atom is 0.164 e. The zero-order valence-electron chi connectivity index (χ0n) is 33.2. The summed E-state index contributed by atoms with van der Waals surface area (Å²) in [7, 11) is 0. The third kappa shape index (κ3) is 5.52. The molecule has 7 heteroatoms. The van der Waals surface area contributed by atoms with Crippen molar-refractivity contribution in [2.24, 2.45) is 0 Å². The average molecular weight is 815 g/mol. The molecule has 6 nitrogen and oxygen atoms in total. The van der Waals surface area contributed by atoms with E-state index in [0.29, 0.717) is 30.5 Å². The molecule has 8 aromatic carbocycles. The van der Waals surface area contributed by atoms with Gasteiger partial charge in [-0.15, -0.1) is 11.3 Å². The summed E-state index contributed by atoms with van der Waals surface area (Å²) >= 11 is 1.79. The number of aromatic nitrogens is 4. The van der Waals surface area contributed by atoms with Crippen molar-refractivity contribution >= 4 is 97.3 Å². The van der Waals surface area contributed by atoms with Gasteiger partial charge in [-0.2, -0.15) is 0 Å². The Balaban J connectivity index is 1.10. The molecular formula is C55H34N4O2S. The molecule has 5 heterocycles. The number of rotatable bonds is 4. The van der Waals surface area contributed by atoms with Crippen LogP contribution in [-0.4, -0.2) is 26.1 Å². The van der Waals surface area contributed by atoms with Gasteiger partial charge in [-0.25, -0.2) is 15.0 Å². The number of nitrogens with zero attached hydrogens (tertiary/aromatic N) is 4. The van der Waals surface area contributed by atoms with E-state index >= 15 is 0 Å². The topological polar surface area (TPSA) is 66.0 Å². The molecule has 62 heavy (non-hydrogen) atoms. The van der Waals surface area contributed by atoms with Crippen LogP contribution in [0.5, 0.6) is 5.75 Å². The number of hydrogen-bond donors (Lipinski definition) is 0. The number of hydrogen-bond acceptors (Lipinski definition) is 6. The Morgan fingerprint density at radius 3 is 2.05 bits per heavy atom. The highest BCUT2D eigenvalue weighted by molar-refractivity contribution is 7.25. The molecule has 4 aromatic heterocycles. The van der Waals surface area contributed by atoms with Gasteiger partial charge < -0.3 is 13.7 Å². The lowest BCUT2D eigenvalue weighted by Gasteiger charge is -2.16. The van der Waals surface area contributed by atoms with E-state index in [4.69, 9.17) is 24.1 Å². The summed E-state index contributed by atoms with van der Waals surface area (Å²) in [6.45, 7) is 0.320. The van der Waals surface area contributed by atoms with Crippen LogP contribution in [0.2, 0.25) is 0 Å². The molecule has 13 rings (SSSR count). The van der Waals surface area contributed by atoms with E-state index in [9.17, 15) is 0 Å². The van der Waals surface area contributed by atoms with Crippen LogP contribution in [0.15, 0.2) is 186 Å². The van der Waals surface area contributed by atoms with E-state index in [1.807, 2.05) is 36.4 Å². The number of fused-ring (bicyclic) bond motifs is 11. The van der Waals surface area contributed by atoms with Gasteiger partial charge in [0.15, 0.2) is 17.5 Å². The van der Waals surface area contributed by atoms with Gasteiger partial charge in [-0.3, -0.25) is 0 Å². The van der Waals surface area contributed by atoms with Crippen LogP contribution in [-0.2, 0) is 6.42 Å². The summed E-state index contributed by atoms with van der Waals surface area (Å²) in [6, 6.07) is 59.5. The van der Waals surface area contributed by atoms with E-state index in [1.54, 1.807) is 11.3 Å². The molecule has 0 amide bonds. The Bertz CT molecular complexity index is 3740. The Kier molecular flexibility index (Phi) is 7.80. The van der Waals surface area contributed by atoms with E-state index in [2.05, 4.69) is 150 Å². The van der Waals surface area contributed by atoms with E-state index in [1.165, 1.54) is 36.3 Å². The third-order valence-electron chi connectivity index (χ3n) is 12.2. The van der Waals surface area contributed by atoms with Crippen LogP contribution >= 0.6 is 11.3 Å². The van der Waals surface area contributed by atoms with Gasteiger partial charge in [0, 0.05) is 58.4 Å². The summed E-state index contributed by atoms with van der Waals surface area (Å²) < 4.78 is 17.9. The standard InChI is InChI=1S/C55H34N4O2S/c1-2-15-35-31-45-43(30-34(35)14-1)38-16-4-7-21-44(38)59(45)37-29-36(28-27-33-13-3-8-22-46(33)60-32-37)53-56-54(41-19-11-24-48-51(41)39-17-5-9-23-47(39)61-48)58-55(57-53)42-20-12-26-50-52(42)40-18-6-10-25-49(40)62-50/h1-26,28-31H,27,32H2/b36-28?,37-29+. The number of para-hydroxylation sites is 3. The van der Waals surface area contributed by atoms with Crippen LogP contribution in [0.3, 0.4) is 0 Å². The molecule has 0 atom stereocenters. The third-order valence-corrected chi connectivity index (χ3v) is 13.4. The normalized spacial score (nSPS) is 14.2. The molecule has 1 aliphatic heterocycles. The first-order valence-electron chi connectivity index (χ1n) is 20.8. The number of benzene rings is 8. The first-order valence-corrected chi connectivity index (χ1v) is 21.6. The second-order valence-electron chi connectivity index (χ2n) is 15.8. The molecule has 0 saturated carbocycles. The Labute approximate surface area is 359 Å². The Morgan fingerprint density at radius 1 is 0.500 bits per heavy atom. The molecule has 0 spiro atoms. The molecule has 0 unspecified atom stereocenters. The van der Waals surface area contributed by atoms with Crippen molar-refractivity contribution in [3.05, 3.63) is 193 Å². The van der Waals surface area contributed by atoms with E-state index < -0.39 is 0 Å². The SMILES string of the molecule is C1=C(c2nc(-c3cccc4oc5ccccc5c34)nc(-c3cccc4sc5ccccc5c34)n2)/C=C(/n2c3ccccc3c3cc4ccccc4cc32)COc2ccccc2C1. The number of thiophene rings is 1. The molecule has 0 N–H and O–H groups in total. The summed E-state index contributed by atoms with van der Waals surface area (Å²) in [5.74, 6) is 2.62. The van der Waals surface area contributed by atoms with Crippen molar-refractivity contribution in [1.82, 2.24) is 19.5 Å². The van der Waals surface area contributed by atoms with Crippen LogP contribution in [0.4, 0.5) is 0 Å². The molecule has 12 aromatic rings. The van der Waals surface area contributed by atoms with Gasteiger partial charge in [0.2, 0.25) is 0 Å². The number of allylic oxidation sites excluding steroid dienone is 3. The second-order valence-corrected chi connectivity index (χ2v) is 16.9. The smallest absolute Gasteiger partial charge is 0.164 e. The fraction of sp³-hybridized carbons (Fsp3) is 0.0364.